The summed E-state index contributed by atoms with van der Waals surface area (Å²) in [6.45, 7) is 0.724. The highest BCUT2D eigenvalue weighted by Gasteiger charge is 2.13. The first-order valence-corrected chi connectivity index (χ1v) is 9.46. The molecule has 0 bridgehead atoms. The smallest absolute Gasteiger partial charge is 0.400 e. The molecular formula is C22H24NO3. The third-order valence-electron chi connectivity index (χ3n) is 4.84. The van der Waals surface area contributed by atoms with Gasteiger partial charge in [-0.2, -0.15) is 4.98 Å². The van der Waals surface area contributed by atoms with Crippen LogP contribution in [0.1, 0.15) is 38.5 Å². The van der Waals surface area contributed by atoms with Crippen LogP contribution < -0.4 is 9.47 Å². The summed E-state index contributed by atoms with van der Waals surface area (Å²) >= 11 is 0. The van der Waals surface area contributed by atoms with Gasteiger partial charge < -0.3 is 13.9 Å². The zero-order valence-electron chi connectivity index (χ0n) is 14.9. The minimum atomic E-state index is 0.252. The molecule has 26 heavy (non-hydrogen) atoms. The maximum atomic E-state index is 5.82. The third-order valence-corrected chi connectivity index (χ3v) is 4.84. The van der Waals surface area contributed by atoms with Crippen molar-refractivity contribution >= 4 is 11.1 Å². The summed E-state index contributed by atoms with van der Waals surface area (Å²) in [6.07, 6.45) is 10.5. The van der Waals surface area contributed by atoms with Gasteiger partial charge in [0.15, 0.2) is 5.58 Å². The number of fused-ring (bicyclic) bond motifs is 1. The number of hydrogen-bond donors (Lipinski definition) is 0. The average Bonchev–Trinajstić information content (AvgIpc) is 3.10. The fourth-order valence-corrected chi connectivity index (χ4v) is 3.45. The molecule has 135 valence electrons. The van der Waals surface area contributed by atoms with Gasteiger partial charge in [-0.25, -0.2) is 0 Å². The maximum absolute atomic E-state index is 5.82. The molecule has 1 fully saturated rings. The molecule has 1 heterocycles. The van der Waals surface area contributed by atoms with Crippen LogP contribution in [0.3, 0.4) is 0 Å². The number of oxazole rings is 1. The van der Waals surface area contributed by atoms with E-state index in [1.807, 2.05) is 48.5 Å². The van der Waals surface area contributed by atoms with Crippen LogP contribution in [-0.4, -0.2) is 11.6 Å². The number of aromatic nitrogens is 1. The maximum Gasteiger partial charge on any atom is 0.400 e. The van der Waals surface area contributed by atoms with E-state index in [0.717, 1.165) is 35.8 Å². The van der Waals surface area contributed by atoms with Crippen LogP contribution in [0, 0.1) is 12.3 Å². The van der Waals surface area contributed by atoms with Gasteiger partial charge in [0.2, 0.25) is 0 Å². The Morgan fingerprint density at radius 3 is 2.54 bits per heavy atom. The monoisotopic (exact) mass is 350 g/mol. The van der Waals surface area contributed by atoms with E-state index in [0.29, 0.717) is 5.75 Å². The molecule has 0 amide bonds. The lowest BCUT2D eigenvalue weighted by Gasteiger charge is -2.20. The molecule has 0 aliphatic heterocycles. The first-order valence-electron chi connectivity index (χ1n) is 9.46. The topological polar surface area (TPSA) is 44.5 Å². The average molecular weight is 350 g/mol. The zero-order valence-corrected chi connectivity index (χ0v) is 14.9. The van der Waals surface area contributed by atoms with Crippen LogP contribution in [0.15, 0.2) is 52.9 Å². The Morgan fingerprint density at radius 2 is 1.73 bits per heavy atom. The van der Waals surface area contributed by atoms with Crippen LogP contribution >= 0.6 is 0 Å². The molecule has 2 aromatic carbocycles. The van der Waals surface area contributed by atoms with Gasteiger partial charge in [0.1, 0.15) is 17.0 Å². The molecule has 1 aromatic heterocycles. The van der Waals surface area contributed by atoms with Gasteiger partial charge in [-0.1, -0.05) is 44.2 Å². The summed E-state index contributed by atoms with van der Waals surface area (Å²) < 4.78 is 17.1. The second kappa shape index (κ2) is 8.26. The van der Waals surface area contributed by atoms with Crippen LogP contribution in [0.4, 0.5) is 0 Å². The molecule has 1 aliphatic carbocycles. The van der Waals surface area contributed by atoms with Crippen molar-refractivity contribution in [2.45, 2.75) is 38.5 Å². The molecule has 4 rings (SSSR count). The third kappa shape index (κ3) is 4.37. The molecule has 0 spiro atoms. The van der Waals surface area contributed by atoms with Crippen LogP contribution in [-0.2, 0) is 0 Å². The predicted molar refractivity (Wildman–Crippen MR) is 102 cm³/mol. The van der Waals surface area contributed by atoms with E-state index in [1.165, 1.54) is 32.1 Å². The number of hydrogen-bond acceptors (Lipinski definition) is 4. The summed E-state index contributed by atoms with van der Waals surface area (Å²) in [5, 5.41) is 0. The second-order valence-corrected chi connectivity index (χ2v) is 6.79. The summed E-state index contributed by atoms with van der Waals surface area (Å²) in [6, 6.07) is 15.2. The Hall–Kier alpha value is -2.49. The molecule has 0 atom stereocenters. The standard InChI is InChI=1S/C22H24NO3/c1-2-7-17(8-3-1)9-6-16-24-18-12-14-19(15-13-18)25-22-23-20-10-4-5-11-21(20)26-22/h4-5,9-15,17H,1-3,6-8,16H2. The highest BCUT2D eigenvalue weighted by molar-refractivity contribution is 5.72. The minimum Gasteiger partial charge on any atom is -0.494 e. The Labute approximate surface area is 154 Å². The number of para-hydroxylation sites is 2. The fraction of sp³-hybridized carbons (Fsp3) is 0.364. The molecule has 4 heteroatoms. The van der Waals surface area contributed by atoms with Crippen molar-refractivity contribution in [3.05, 3.63) is 55.0 Å². The van der Waals surface area contributed by atoms with E-state index in [-0.39, 0.29) is 6.08 Å². The highest BCUT2D eigenvalue weighted by atomic mass is 16.6. The lowest BCUT2D eigenvalue weighted by Crippen LogP contribution is -2.09. The van der Waals surface area contributed by atoms with Gasteiger partial charge in [0, 0.05) is 0 Å². The van der Waals surface area contributed by atoms with Gasteiger partial charge in [-0.15, -0.1) is 0 Å². The normalized spacial score (nSPS) is 15.2. The quantitative estimate of drug-likeness (QED) is 0.478. The van der Waals surface area contributed by atoms with E-state index in [2.05, 4.69) is 11.4 Å². The van der Waals surface area contributed by atoms with Crippen molar-refractivity contribution < 1.29 is 13.9 Å². The highest BCUT2D eigenvalue weighted by Crippen LogP contribution is 2.28. The van der Waals surface area contributed by atoms with Crippen molar-refractivity contribution in [2.75, 3.05) is 6.61 Å². The van der Waals surface area contributed by atoms with E-state index in [9.17, 15) is 0 Å². The fourth-order valence-electron chi connectivity index (χ4n) is 3.45. The SMILES string of the molecule is [CH](CCOc1ccc(Oc2nc3ccccc3o2)cc1)C1CCCCC1. The van der Waals surface area contributed by atoms with Crippen LogP contribution in [0.25, 0.3) is 11.1 Å². The Kier molecular flexibility index (Phi) is 5.38. The first-order chi connectivity index (χ1) is 12.9. The summed E-state index contributed by atoms with van der Waals surface area (Å²) in [5.74, 6) is 2.32. The van der Waals surface area contributed by atoms with Crippen molar-refractivity contribution in [3.8, 4) is 17.6 Å². The largest absolute Gasteiger partial charge is 0.494 e. The molecule has 3 aromatic rings. The molecule has 1 aliphatic rings. The molecule has 0 unspecified atom stereocenters. The predicted octanol–water partition coefficient (Wildman–Crippen LogP) is 6.17. The van der Waals surface area contributed by atoms with Gasteiger partial charge in [0.05, 0.1) is 6.61 Å². The second-order valence-electron chi connectivity index (χ2n) is 6.79. The number of rotatable bonds is 7. The zero-order chi connectivity index (χ0) is 17.6. The van der Waals surface area contributed by atoms with Crippen molar-refractivity contribution in [2.24, 2.45) is 5.92 Å². The lowest BCUT2D eigenvalue weighted by atomic mass is 9.86. The van der Waals surface area contributed by atoms with Gasteiger partial charge in [0.25, 0.3) is 0 Å². The Bertz CT molecular complexity index is 786. The van der Waals surface area contributed by atoms with E-state index in [4.69, 9.17) is 13.9 Å². The molecule has 4 nitrogen and oxygen atoms in total. The van der Waals surface area contributed by atoms with Crippen LogP contribution in [0.2, 0.25) is 0 Å². The van der Waals surface area contributed by atoms with Crippen molar-refractivity contribution in [1.29, 1.82) is 0 Å². The number of ether oxygens (including phenoxy) is 2. The van der Waals surface area contributed by atoms with Gasteiger partial charge in [-0.3, -0.25) is 0 Å². The molecule has 1 radical (unpaired) electrons. The van der Waals surface area contributed by atoms with Crippen molar-refractivity contribution in [3.63, 3.8) is 0 Å². The molecule has 0 N–H and O–H groups in total. The summed E-state index contributed by atoms with van der Waals surface area (Å²) in [5.41, 5.74) is 1.51. The first kappa shape index (κ1) is 17.0. The number of nitrogens with zero attached hydrogens (tertiary/aromatic N) is 1. The molecular weight excluding hydrogens is 326 g/mol. The van der Waals surface area contributed by atoms with E-state index in [1.54, 1.807) is 0 Å². The van der Waals surface area contributed by atoms with Gasteiger partial charge >= 0.3 is 6.08 Å². The lowest BCUT2D eigenvalue weighted by molar-refractivity contribution is 0.303. The van der Waals surface area contributed by atoms with E-state index >= 15 is 0 Å². The minimum absolute atomic E-state index is 0.252. The van der Waals surface area contributed by atoms with Crippen LogP contribution in [0.5, 0.6) is 17.6 Å². The van der Waals surface area contributed by atoms with Crippen molar-refractivity contribution in [1.82, 2.24) is 4.98 Å². The van der Waals surface area contributed by atoms with Gasteiger partial charge in [-0.05, 0) is 55.2 Å². The van der Waals surface area contributed by atoms with E-state index < -0.39 is 0 Å². The Balaban J connectivity index is 1.25. The summed E-state index contributed by atoms with van der Waals surface area (Å²) in [4.78, 5) is 4.31. The number of benzene rings is 2. The Morgan fingerprint density at radius 1 is 0.962 bits per heavy atom. The molecule has 0 saturated heterocycles. The summed E-state index contributed by atoms with van der Waals surface area (Å²) in [7, 11) is 0. The molecule has 1 saturated carbocycles.